The van der Waals surface area contributed by atoms with E-state index in [0.29, 0.717) is 11.1 Å². The summed E-state index contributed by atoms with van der Waals surface area (Å²) >= 11 is 5.99. The summed E-state index contributed by atoms with van der Waals surface area (Å²) in [4.78, 5) is 0. The van der Waals surface area contributed by atoms with Crippen molar-refractivity contribution in [2.45, 2.75) is 25.3 Å². The van der Waals surface area contributed by atoms with Crippen LogP contribution in [0.4, 0.5) is 0 Å². The largest absolute Gasteiger partial charge is 0.495 e. The van der Waals surface area contributed by atoms with Gasteiger partial charge >= 0.3 is 0 Å². The Kier molecular flexibility index (Phi) is 3.49. The predicted octanol–water partition coefficient (Wildman–Crippen LogP) is 3.16. The Bertz CT molecular complexity index is 334. The Labute approximate surface area is 95.6 Å². The molecule has 0 unspecified atom stereocenters. The van der Waals surface area contributed by atoms with Crippen molar-refractivity contribution in [2.24, 2.45) is 0 Å². The molecule has 0 amide bonds. The molecule has 0 spiro atoms. The lowest BCUT2D eigenvalue weighted by Crippen LogP contribution is -2.26. The first-order chi connectivity index (χ1) is 7.31. The van der Waals surface area contributed by atoms with Crippen LogP contribution in [0.25, 0.3) is 0 Å². The van der Waals surface area contributed by atoms with Crippen molar-refractivity contribution >= 4 is 11.6 Å². The maximum Gasteiger partial charge on any atom is 0.137 e. The summed E-state index contributed by atoms with van der Waals surface area (Å²) in [6, 6.07) is 6.48. The smallest absolute Gasteiger partial charge is 0.137 e. The fourth-order valence-corrected chi connectivity index (χ4v) is 2.22. The lowest BCUT2D eigenvalue weighted by molar-refractivity contribution is 0.400. The Balaban J connectivity index is 2.20. The van der Waals surface area contributed by atoms with E-state index in [9.17, 15) is 0 Å². The normalized spacial score (nSPS) is 21.3. The van der Waals surface area contributed by atoms with E-state index in [2.05, 4.69) is 11.4 Å². The lowest BCUT2D eigenvalue weighted by atomic mass is 9.97. The number of rotatable bonds is 2. The zero-order valence-corrected chi connectivity index (χ0v) is 9.68. The molecule has 2 rings (SSSR count). The maximum atomic E-state index is 5.99. The van der Waals surface area contributed by atoms with Crippen LogP contribution in [0.15, 0.2) is 18.2 Å². The van der Waals surface area contributed by atoms with E-state index in [1.165, 1.54) is 24.8 Å². The molecule has 0 bridgehead atoms. The summed E-state index contributed by atoms with van der Waals surface area (Å²) in [5.74, 6) is 0.765. The van der Waals surface area contributed by atoms with Gasteiger partial charge in [0.15, 0.2) is 0 Å². The van der Waals surface area contributed by atoms with Crippen molar-refractivity contribution in [1.29, 1.82) is 0 Å². The zero-order chi connectivity index (χ0) is 10.7. The van der Waals surface area contributed by atoms with Gasteiger partial charge < -0.3 is 10.1 Å². The van der Waals surface area contributed by atoms with E-state index in [-0.39, 0.29) is 0 Å². The minimum atomic E-state index is 0.463. The highest BCUT2D eigenvalue weighted by atomic mass is 35.5. The highest BCUT2D eigenvalue weighted by Crippen LogP contribution is 2.30. The first-order valence-electron chi connectivity index (χ1n) is 5.38. The van der Waals surface area contributed by atoms with Gasteiger partial charge in [0.05, 0.1) is 12.1 Å². The fraction of sp³-hybridized carbons (Fsp3) is 0.500. The second-order valence-electron chi connectivity index (χ2n) is 3.90. The van der Waals surface area contributed by atoms with Crippen molar-refractivity contribution < 1.29 is 4.74 Å². The number of hydrogen-bond acceptors (Lipinski definition) is 2. The summed E-state index contributed by atoms with van der Waals surface area (Å²) in [6.07, 6.45) is 3.77. The van der Waals surface area contributed by atoms with Crippen LogP contribution in [0.3, 0.4) is 0 Å². The standard InChI is InChI=1S/C12H16ClNO/c1-15-12-8-9(5-6-10(12)13)11-4-2-3-7-14-11/h5-6,8,11,14H,2-4,7H2,1H3/t11-/m0/s1. The molecule has 0 saturated carbocycles. The SMILES string of the molecule is COc1cc([C@@H]2CCCCN2)ccc1Cl. The monoisotopic (exact) mass is 225 g/mol. The van der Waals surface area contributed by atoms with E-state index in [1.807, 2.05) is 12.1 Å². The molecular weight excluding hydrogens is 210 g/mol. The van der Waals surface area contributed by atoms with Gasteiger partial charge in [0, 0.05) is 6.04 Å². The molecule has 1 aliphatic rings. The molecule has 0 aliphatic carbocycles. The average Bonchev–Trinajstić information content (AvgIpc) is 2.31. The number of methoxy groups -OCH3 is 1. The molecule has 1 saturated heterocycles. The third kappa shape index (κ3) is 2.44. The molecule has 82 valence electrons. The fourth-order valence-electron chi connectivity index (χ4n) is 2.03. The van der Waals surface area contributed by atoms with Gasteiger partial charge in [-0.3, -0.25) is 0 Å². The molecule has 2 nitrogen and oxygen atoms in total. The highest BCUT2D eigenvalue weighted by Gasteiger charge is 2.15. The number of ether oxygens (including phenoxy) is 1. The first-order valence-corrected chi connectivity index (χ1v) is 5.76. The number of hydrogen-bond donors (Lipinski definition) is 1. The Morgan fingerprint density at radius 3 is 2.93 bits per heavy atom. The lowest BCUT2D eigenvalue weighted by Gasteiger charge is -2.24. The predicted molar refractivity (Wildman–Crippen MR) is 62.6 cm³/mol. The summed E-state index contributed by atoms with van der Waals surface area (Å²) in [5, 5.41) is 4.19. The van der Waals surface area contributed by atoms with Gasteiger partial charge in [-0.2, -0.15) is 0 Å². The van der Waals surface area contributed by atoms with Crippen molar-refractivity contribution in [3.63, 3.8) is 0 Å². The molecule has 1 atom stereocenters. The first kappa shape index (κ1) is 10.8. The summed E-state index contributed by atoms with van der Waals surface area (Å²) in [6.45, 7) is 1.11. The van der Waals surface area contributed by atoms with Crippen molar-refractivity contribution in [3.8, 4) is 5.75 Å². The Morgan fingerprint density at radius 2 is 2.27 bits per heavy atom. The zero-order valence-electron chi connectivity index (χ0n) is 8.92. The molecular formula is C12H16ClNO. The van der Waals surface area contributed by atoms with Gasteiger partial charge in [-0.15, -0.1) is 0 Å². The Morgan fingerprint density at radius 1 is 1.40 bits per heavy atom. The topological polar surface area (TPSA) is 21.3 Å². The van der Waals surface area contributed by atoms with Crippen molar-refractivity contribution in [1.82, 2.24) is 5.32 Å². The second-order valence-corrected chi connectivity index (χ2v) is 4.30. The number of halogens is 1. The quantitative estimate of drug-likeness (QED) is 0.835. The van der Waals surface area contributed by atoms with Gasteiger partial charge in [-0.05, 0) is 37.1 Å². The van der Waals surface area contributed by atoms with Crippen molar-refractivity contribution in [2.75, 3.05) is 13.7 Å². The molecule has 1 fully saturated rings. The summed E-state index contributed by atoms with van der Waals surface area (Å²) in [7, 11) is 1.65. The molecule has 0 aromatic heterocycles. The molecule has 1 aliphatic heterocycles. The van der Waals surface area contributed by atoms with Crippen LogP contribution >= 0.6 is 11.6 Å². The third-order valence-corrected chi connectivity index (χ3v) is 3.20. The number of piperidine rings is 1. The van der Waals surface area contributed by atoms with Crippen LogP contribution in [0.2, 0.25) is 5.02 Å². The van der Waals surface area contributed by atoms with E-state index in [1.54, 1.807) is 7.11 Å². The average molecular weight is 226 g/mol. The van der Waals surface area contributed by atoms with Crippen LogP contribution in [0.1, 0.15) is 30.9 Å². The molecule has 0 radical (unpaired) electrons. The second kappa shape index (κ2) is 4.86. The van der Waals surface area contributed by atoms with Crippen LogP contribution < -0.4 is 10.1 Å². The molecule has 3 heteroatoms. The van der Waals surface area contributed by atoms with Crippen LogP contribution in [-0.2, 0) is 0 Å². The van der Waals surface area contributed by atoms with Gasteiger partial charge in [0.1, 0.15) is 5.75 Å². The third-order valence-electron chi connectivity index (χ3n) is 2.89. The molecule has 1 aromatic rings. The van der Waals surface area contributed by atoms with E-state index < -0.39 is 0 Å². The van der Waals surface area contributed by atoms with Crippen LogP contribution in [-0.4, -0.2) is 13.7 Å². The summed E-state index contributed by atoms with van der Waals surface area (Å²) in [5.41, 5.74) is 1.27. The van der Waals surface area contributed by atoms with E-state index >= 15 is 0 Å². The van der Waals surface area contributed by atoms with Crippen LogP contribution in [0, 0.1) is 0 Å². The van der Waals surface area contributed by atoms with Crippen molar-refractivity contribution in [3.05, 3.63) is 28.8 Å². The number of benzene rings is 1. The number of nitrogens with one attached hydrogen (secondary N) is 1. The molecule has 15 heavy (non-hydrogen) atoms. The van der Waals surface area contributed by atoms with Gasteiger partial charge in [-0.1, -0.05) is 24.1 Å². The molecule has 1 N–H and O–H groups in total. The van der Waals surface area contributed by atoms with Gasteiger partial charge in [0.25, 0.3) is 0 Å². The minimum absolute atomic E-state index is 0.463. The molecule has 1 heterocycles. The van der Waals surface area contributed by atoms with E-state index in [4.69, 9.17) is 16.3 Å². The van der Waals surface area contributed by atoms with E-state index in [0.717, 1.165) is 12.3 Å². The highest BCUT2D eigenvalue weighted by molar-refractivity contribution is 6.32. The van der Waals surface area contributed by atoms with Gasteiger partial charge in [-0.25, -0.2) is 0 Å². The van der Waals surface area contributed by atoms with Gasteiger partial charge in [0.2, 0.25) is 0 Å². The van der Waals surface area contributed by atoms with Crippen LogP contribution in [0.5, 0.6) is 5.75 Å². The molecule has 1 aromatic carbocycles. The minimum Gasteiger partial charge on any atom is -0.495 e. The maximum absolute atomic E-state index is 5.99. The summed E-state index contributed by atoms with van der Waals surface area (Å²) < 4.78 is 5.22. The Hall–Kier alpha value is -0.730.